The second kappa shape index (κ2) is 9.31. The SMILES string of the molecule is CCC(C)c1ccc(OCC(=O)N/N=C/c2ccc([N+](=O)[O-])cc2)cc1. The van der Waals surface area contributed by atoms with Crippen molar-refractivity contribution in [1.29, 1.82) is 0 Å². The van der Waals surface area contributed by atoms with Crippen LogP contribution in [0.2, 0.25) is 0 Å². The van der Waals surface area contributed by atoms with Crippen LogP contribution in [0.15, 0.2) is 53.6 Å². The molecule has 7 heteroatoms. The van der Waals surface area contributed by atoms with Gasteiger partial charge < -0.3 is 4.74 Å². The first-order valence-electron chi connectivity index (χ1n) is 8.28. The van der Waals surface area contributed by atoms with E-state index in [-0.39, 0.29) is 12.3 Å². The van der Waals surface area contributed by atoms with Crippen LogP contribution in [0, 0.1) is 10.1 Å². The summed E-state index contributed by atoms with van der Waals surface area (Å²) in [6, 6.07) is 13.5. The molecule has 0 bridgehead atoms. The summed E-state index contributed by atoms with van der Waals surface area (Å²) in [6.07, 6.45) is 2.47. The van der Waals surface area contributed by atoms with Crippen LogP contribution in [-0.4, -0.2) is 23.7 Å². The zero-order chi connectivity index (χ0) is 18.9. The second-order valence-electron chi connectivity index (χ2n) is 5.81. The smallest absolute Gasteiger partial charge is 0.277 e. The van der Waals surface area contributed by atoms with Crippen LogP contribution in [0.4, 0.5) is 5.69 Å². The molecule has 2 aromatic carbocycles. The Labute approximate surface area is 151 Å². The highest BCUT2D eigenvalue weighted by Crippen LogP contribution is 2.21. The molecular formula is C19H21N3O4. The average molecular weight is 355 g/mol. The number of non-ortho nitro benzene ring substituents is 1. The van der Waals surface area contributed by atoms with Gasteiger partial charge in [-0.15, -0.1) is 0 Å². The molecule has 1 amide bonds. The summed E-state index contributed by atoms with van der Waals surface area (Å²) >= 11 is 0. The summed E-state index contributed by atoms with van der Waals surface area (Å²) in [4.78, 5) is 21.8. The van der Waals surface area contributed by atoms with Crippen LogP contribution < -0.4 is 10.2 Å². The minimum absolute atomic E-state index is 0.000986. The summed E-state index contributed by atoms with van der Waals surface area (Å²) in [5.74, 6) is 0.710. The van der Waals surface area contributed by atoms with Gasteiger partial charge in [-0.25, -0.2) is 5.43 Å². The highest BCUT2D eigenvalue weighted by molar-refractivity contribution is 5.83. The molecule has 0 aliphatic heterocycles. The van der Waals surface area contributed by atoms with E-state index < -0.39 is 10.8 Å². The highest BCUT2D eigenvalue weighted by Gasteiger charge is 2.05. The van der Waals surface area contributed by atoms with Gasteiger partial charge >= 0.3 is 0 Å². The fraction of sp³-hybridized carbons (Fsp3) is 0.263. The Bertz CT molecular complexity index is 770. The normalized spacial score (nSPS) is 11.9. The van der Waals surface area contributed by atoms with Crippen molar-refractivity contribution in [3.05, 3.63) is 69.8 Å². The Balaban J connectivity index is 1.78. The Morgan fingerprint density at radius 1 is 1.23 bits per heavy atom. The Kier molecular flexibility index (Phi) is 6.84. The monoisotopic (exact) mass is 355 g/mol. The fourth-order valence-corrected chi connectivity index (χ4v) is 2.17. The van der Waals surface area contributed by atoms with E-state index in [9.17, 15) is 14.9 Å². The van der Waals surface area contributed by atoms with Gasteiger partial charge in [0.2, 0.25) is 0 Å². The number of ether oxygens (including phenoxy) is 1. The van der Waals surface area contributed by atoms with E-state index in [2.05, 4.69) is 24.4 Å². The summed E-state index contributed by atoms with van der Waals surface area (Å²) in [7, 11) is 0. The summed E-state index contributed by atoms with van der Waals surface area (Å²) < 4.78 is 5.42. The molecule has 2 rings (SSSR count). The van der Waals surface area contributed by atoms with E-state index in [1.165, 1.54) is 23.9 Å². The Morgan fingerprint density at radius 2 is 1.88 bits per heavy atom. The average Bonchev–Trinajstić information content (AvgIpc) is 2.66. The molecule has 2 aromatic rings. The molecule has 7 nitrogen and oxygen atoms in total. The molecule has 0 spiro atoms. The Hall–Kier alpha value is -3.22. The van der Waals surface area contributed by atoms with Crippen LogP contribution in [0.5, 0.6) is 5.75 Å². The number of nitro groups is 1. The zero-order valence-corrected chi connectivity index (χ0v) is 14.7. The molecule has 0 aliphatic carbocycles. The minimum Gasteiger partial charge on any atom is -0.484 e. The molecule has 0 aliphatic rings. The minimum atomic E-state index is -0.477. The number of rotatable bonds is 8. The lowest BCUT2D eigenvalue weighted by atomic mass is 9.99. The summed E-state index contributed by atoms with van der Waals surface area (Å²) in [5, 5.41) is 14.4. The van der Waals surface area contributed by atoms with E-state index in [4.69, 9.17) is 4.74 Å². The lowest BCUT2D eigenvalue weighted by molar-refractivity contribution is -0.384. The number of nitro benzene ring substituents is 1. The number of nitrogens with one attached hydrogen (secondary N) is 1. The number of hydrogen-bond donors (Lipinski definition) is 1. The number of carbonyl (C=O) groups is 1. The lowest BCUT2D eigenvalue weighted by Gasteiger charge is -2.10. The fourth-order valence-electron chi connectivity index (χ4n) is 2.17. The summed E-state index contributed by atoms with van der Waals surface area (Å²) in [5.41, 5.74) is 4.22. The van der Waals surface area contributed by atoms with Crippen molar-refractivity contribution >= 4 is 17.8 Å². The van der Waals surface area contributed by atoms with Crippen molar-refractivity contribution in [2.24, 2.45) is 5.10 Å². The number of carbonyl (C=O) groups excluding carboxylic acids is 1. The first-order valence-corrected chi connectivity index (χ1v) is 8.28. The number of amides is 1. The van der Waals surface area contributed by atoms with Gasteiger partial charge in [0, 0.05) is 12.1 Å². The molecule has 0 fully saturated rings. The van der Waals surface area contributed by atoms with Crippen LogP contribution in [0.3, 0.4) is 0 Å². The van der Waals surface area contributed by atoms with E-state index >= 15 is 0 Å². The maximum absolute atomic E-state index is 11.7. The molecule has 26 heavy (non-hydrogen) atoms. The maximum Gasteiger partial charge on any atom is 0.277 e. The van der Waals surface area contributed by atoms with Crippen LogP contribution in [0.25, 0.3) is 0 Å². The first-order chi connectivity index (χ1) is 12.5. The number of benzene rings is 2. The zero-order valence-electron chi connectivity index (χ0n) is 14.7. The quantitative estimate of drug-likeness (QED) is 0.444. The lowest BCUT2D eigenvalue weighted by Crippen LogP contribution is -2.24. The number of nitrogens with zero attached hydrogens (tertiary/aromatic N) is 2. The highest BCUT2D eigenvalue weighted by atomic mass is 16.6. The molecule has 1 atom stereocenters. The number of hydrogen-bond acceptors (Lipinski definition) is 5. The van der Waals surface area contributed by atoms with E-state index in [1.54, 1.807) is 12.1 Å². The van der Waals surface area contributed by atoms with E-state index in [0.717, 1.165) is 6.42 Å². The van der Waals surface area contributed by atoms with E-state index in [1.807, 2.05) is 24.3 Å². The largest absolute Gasteiger partial charge is 0.484 e. The molecule has 0 saturated carbocycles. The van der Waals surface area contributed by atoms with Crippen molar-refractivity contribution in [2.75, 3.05) is 6.61 Å². The van der Waals surface area contributed by atoms with E-state index in [0.29, 0.717) is 17.2 Å². The molecule has 0 radical (unpaired) electrons. The molecular weight excluding hydrogens is 334 g/mol. The van der Waals surface area contributed by atoms with Gasteiger partial charge in [0.25, 0.3) is 11.6 Å². The van der Waals surface area contributed by atoms with Crippen LogP contribution in [0.1, 0.15) is 37.3 Å². The molecule has 136 valence electrons. The number of hydrazone groups is 1. The van der Waals surface area contributed by atoms with Crippen LogP contribution >= 0.6 is 0 Å². The van der Waals surface area contributed by atoms with Gasteiger partial charge in [0.05, 0.1) is 11.1 Å². The second-order valence-corrected chi connectivity index (χ2v) is 5.81. The standard InChI is InChI=1S/C19H21N3O4/c1-3-14(2)16-6-10-18(11-7-16)26-13-19(23)21-20-12-15-4-8-17(9-5-15)22(24)25/h4-12,14H,3,13H2,1-2H3,(H,21,23)/b20-12+. The van der Waals surface area contributed by atoms with Crippen molar-refractivity contribution in [3.8, 4) is 5.75 Å². The van der Waals surface area contributed by atoms with Gasteiger partial charge in [-0.3, -0.25) is 14.9 Å². The third kappa shape index (κ3) is 5.70. The maximum atomic E-state index is 11.7. The van der Waals surface area contributed by atoms with Gasteiger partial charge in [0.15, 0.2) is 6.61 Å². The Morgan fingerprint density at radius 3 is 2.46 bits per heavy atom. The molecule has 0 aromatic heterocycles. The van der Waals surface area contributed by atoms with Crippen molar-refractivity contribution in [1.82, 2.24) is 5.43 Å². The van der Waals surface area contributed by atoms with Crippen molar-refractivity contribution in [3.63, 3.8) is 0 Å². The van der Waals surface area contributed by atoms with Gasteiger partial charge in [-0.05, 0) is 47.7 Å². The van der Waals surface area contributed by atoms with Gasteiger partial charge in [-0.2, -0.15) is 5.10 Å². The third-order valence-corrected chi connectivity index (χ3v) is 3.94. The molecule has 1 unspecified atom stereocenters. The van der Waals surface area contributed by atoms with Crippen molar-refractivity contribution in [2.45, 2.75) is 26.2 Å². The topological polar surface area (TPSA) is 93.8 Å². The molecule has 0 saturated heterocycles. The third-order valence-electron chi connectivity index (χ3n) is 3.94. The van der Waals surface area contributed by atoms with Gasteiger partial charge in [0.1, 0.15) is 5.75 Å². The van der Waals surface area contributed by atoms with Crippen molar-refractivity contribution < 1.29 is 14.5 Å². The first kappa shape index (κ1) is 19.1. The molecule has 0 heterocycles. The van der Waals surface area contributed by atoms with Crippen LogP contribution in [-0.2, 0) is 4.79 Å². The predicted molar refractivity (Wildman–Crippen MR) is 99.5 cm³/mol. The summed E-state index contributed by atoms with van der Waals surface area (Å²) in [6.45, 7) is 4.14. The predicted octanol–water partition coefficient (Wildman–Crippen LogP) is 3.64. The molecule has 1 N–H and O–H groups in total. The van der Waals surface area contributed by atoms with Gasteiger partial charge in [-0.1, -0.05) is 26.0 Å².